The highest BCUT2D eigenvalue weighted by Gasteiger charge is 2.25. The van der Waals surface area contributed by atoms with Gasteiger partial charge in [0.2, 0.25) is 10.4 Å². The quantitative estimate of drug-likeness (QED) is 0.813. The molecule has 3 nitrogen and oxygen atoms in total. The summed E-state index contributed by atoms with van der Waals surface area (Å²) in [5.74, 6) is -0.497. The Labute approximate surface area is 91.7 Å². The SMILES string of the molecule is COC(Cl)(Cl)c1ccc(C(N)=O)cc1. The molecule has 0 aromatic heterocycles. The van der Waals surface area contributed by atoms with Crippen molar-refractivity contribution >= 4 is 29.1 Å². The highest BCUT2D eigenvalue weighted by Crippen LogP contribution is 2.34. The Kier molecular flexibility index (Phi) is 3.37. The molecule has 0 atom stereocenters. The van der Waals surface area contributed by atoms with E-state index in [1.54, 1.807) is 12.1 Å². The minimum absolute atomic E-state index is 0.397. The van der Waals surface area contributed by atoms with Gasteiger partial charge in [0.05, 0.1) is 0 Å². The molecule has 0 spiro atoms. The van der Waals surface area contributed by atoms with Crippen molar-refractivity contribution in [2.24, 2.45) is 5.73 Å². The molecule has 0 aliphatic carbocycles. The first-order valence-corrected chi connectivity index (χ1v) is 4.56. The number of nitrogens with two attached hydrogens (primary N) is 1. The largest absolute Gasteiger partial charge is 0.366 e. The Balaban J connectivity index is 2.99. The van der Waals surface area contributed by atoms with Gasteiger partial charge >= 0.3 is 0 Å². The van der Waals surface area contributed by atoms with Crippen LogP contribution in [0.15, 0.2) is 24.3 Å². The zero-order chi connectivity index (χ0) is 10.8. The van der Waals surface area contributed by atoms with Crippen LogP contribution >= 0.6 is 23.2 Å². The number of ether oxygens (including phenoxy) is 1. The van der Waals surface area contributed by atoms with E-state index < -0.39 is 10.4 Å². The Morgan fingerprint density at radius 1 is 1.36 bits per heavy atom. The minimum Gasteiger partial charge on any atom is -0.366 e. The highest BCUT2D eigenvalue weighted by molar-refractivity contribution is 6.46. The summed E-state index contributed by atoms with van der Waals surface area (Å²) in [5.41, 5.74) is 6.02. The lowest BCUT2D eigenvalue weighted by atomic mass is 10.1. The summed E-state index contributed by atoms with van der Waals surface area (Å²) >= 11 is 11.6. The fourth-order valence-corrected chi connectivity index (χ4v) is 1.20. The smallest absolute Gasteiger partial charge is 0.248 e. The molecule has 1 aromatic carbocycles. The van der Waals surface area contributed by atoms with E-state index in [1.165, 1.54) is 19.2 Å². The van der Waals surface area contributed by atoms with Gasteiger partial charge in [-0.15, -0.1) is 0 Å². The number of carbonyl (C=O) groups is 1. The number of rotatable bonds is 3. The van der Waals surface area contributed by atoms with Gasteiger partial charge in [0.15, 0.2) is 0 Å². The summed E-state index contributed by atoms with van der Waals surface area (Å²) in [6.45, 7) is 0. The summed E-state index contributed by atoms with van der Waals surface area (Å²) in [6, 6.07) is 6.25. The van der Waals surface area contributed by atoms with Gasteiger partial charge in [-0.1, -0.05) is 35.3 Å². The van der Waals surface area contributed by atoms with Crippen molar-refractivity contribution < 1.29 is 9.53 Å². The first-order chi connectivity index (χ1) is 6.47. The Morgan fingerprint density at radius 2 is 1.86 bits per heavy atom. The molecule has 14 heavy (non-hydrogen) atoms. The fraction of sp³-hybridized carbons (Fsp3) is 0.222. The average molecular weight is 234 g/mol. The van der Waals surface area contributed by atoms with E-state index in [0.717, 1.165) is 0 Å². The van der Waals surface area contributed by atoms with Crippen LogP contribution in [-0.4, -0.2) is 13.0 Å². The Hall–Kier alpha value is -0.770. The van der Waals surface area contributed by atoms with Crippen LogP contribution in [-0.2, 0) is 9.26 Å². The zero-order valence-corrected chi connectivity index (χ0v) is 8.97. The number of hydrogen-bond acceptors (Lipinski definition) is 2. The zero-order valence-electron chi connectivity index (χ0n) is 7.46. The van der Waals surface area contributed by atoms with Crippen molar-refractivity contribution in [3.05, 3.63) is 35.4 Å². The van der Waals surface area contributed by atoms with Crippen molar-refractivity contribution in [1.29, 1.82) is 0 Å². The number of methoxy groups -OCH3 is 1. The highest BCUT2D eigenvalue weighted by atomic mass is 35.5. The van der Waals surface area contributed by atoms with Crippen LogP contribution in [0.25, 0.3) is 0 Å². The molecule has 0 radical (unpaired) electrons. The third-order valence-corrected chi connectivity index (χ3v) is 2.51. The molecule has 1 aromatic rings. The van der Waals surface area contributed by atoms with Crippen molar-refractivity contribution in [1.82, 2.24) is 0 Å². The number of benzene rings is 1. The van der Waals surface area contributed by atoms with Crippen LogP contribution in [0, 0.1) is 0 Å². The molecule has 0 aliphatic heterocycles. The lowest BCUT2D eigenvalue weighted by Crippen LogP contribution is -2.14. The van der Waals surface area contributed by atoms with Crippen LogP contribution in [0.4, 0.5) is 0 Å². The van der Waals surface area contributed by atoms with Crippen molar-refractivity contribution in [3.63, 3.8) is 0 Å². The van der Waals surface area contributed by atoms with E-state index in [-0.39, 0.29) is 0 Å². The molecular weight excluding hydrogens is 225 g/mol. The van der Waals surface area contributed by atoms with Crippen molar-refractivity contribution in [2.75, 3.05) is 7.11 Å². The molecule has 2 N–H and O–H groups in total. The molecule has 0 unspecified atom stereocenters. The number of carbonyl (C=O) groups excluding carboxylic acids is 1. The third kappa shape index (κ3) is 2.38. The number of amides is 1. The fourth-order valence-electron chi connectivity index (χ4n) is 0.946. The summed E-state index contributed by atoms with van der Waals surface area (Å²) in [4.78, 5) is 10.8. The first kappa shape index (κ1) is 11.3. The maximum absolute atomic E-state index is 10.8. The molecular formula is C9H9Cl2NO2. The second-order valence-electron chi connectivity index (χ2n) is 2.66. The van der Waals surface area contributed by atoms with E-state index in [0.29, 0.717) is 11.1 Å². The van der Waals surface area contributed by atoms with Gasteiger partial charge in [0.25, 0.3) is 0 Å². The van der Waals surface area contributed by atoms with Gasteiger partial charge in [-0.25, -0.2) is 0 Å². The van der Waals surface area contributed by atoms with Gasteiger partial charge < -0.3 is 10.5 Å². The standard InChI is InChI=1S/C9H9Cl2NO2/c1-14-9(10,11)7-4-2-6(3-5-7)8(12)13/h2-5H,1H3,(H2,12,13). The molecule has 0 saturated carbocycles. The Morgan fingerprint density at radius 3 is 2.21 bits per heavy atom. The van der Waals surface area contributed by atoms with Crippen molar-refractivity contribution in [2.45, 2.75) is 4.52 Å². The molecule has 1 rings (SSSR count). The predicted octanol–water partition coefficient (Wildman–Crippen LogP) is 2.02. The van der Waals surface area contributed by atoms with Crippen LogP contribution in [0.3, 0.4) is 0 Å². The molecule has 0 heterocycles. The van der Waals surface area contributed by atoms with Crippen LogP contribution in [0.2, 0.25) is 0 Å². The molecule has 0 aliphatic rings. The van der Waals surface area contributed by atoms with E-state index in [1.807, 2.05) is 0 Å². The summed E-state index contributed by atoms with van der Waals surface area (Å²) in [6.07, 6.45) is 0. The van der Waals surface area contributed by atoms with Crippen molar-refractivity contribution in [3.8, 4) is 0 Å². The van der Waals surface area contributed by atoms with E-state index >= 15 is 0 Å². The maximum atomic E-state index is 10.8. The number of alkyl halides is 2. The van der Waals surface area contributed by atoms with Gasteiger partial charge in [-0.2, -0.15) is 0 Å². The van der Waals surface area contributed by atoms with E-state index in [2.05, 4.69) is 0 Å². The third-order valence-electron chi connectivity index (χ3n) is 1.76. The maximum Gasteiger partial charge on any atom is 0.248 e. The molecule has 0 bridgehead atoms. The minimum atomic E-state index is -1.39. The topological polar surface area (TPSA) is 52.3 Å². The monoisotopic (exact) mass is 233 g/mol. The van der Waals surface area contributed by atoms with Gasteiger partial charge in [0.1, 0.15) is 0 Å². The second kappa shape index (κ2) is 4.17. The molecule has 1 amide bonds. The van der Waals surface area contributed by atoms with Crippen LogP contribution < -0.4 is 5.73 Å². The second-order valence-corrected chi connectivity index (χ2v) is 3.92. The van der Waals surface area contributed by atoms with E-state index in [9.17, 15) is 4.79 Å². The van der Waals surface area contributed by atoms with Crippen LogP contribution in [0.5, 0.6) is 0 Å². The number of primary amides is 1. The lowest BCUT2D eigenvalue weighted by molar-refractivity contribution is 0.1000. The normalized spacial score (nSPS) is 11.4. The number of halogens is 2. The molecule has 76 valence electrons. The summed E-state index contributed by atoms with van der Waals surface area (Å²) < 4.78 is 3.45. The molecule has 5 heteroatoms. The Bertz CT molecular complexity index is 335. The predicted molar refractivity (Wildman–Crippen MR) is 55.4 cm³/mol. The molecule has 0 saturated heterocycles. The van der Waals surface area contributed by atoms with Gasteiger partial charge in [-0.3, -0.25) is 4.79 Å². The average Bonchev–Trinajstić information content (AvgIpc) is 2.18. The van der Waals surface area contributed by atoms with E-state index in [4.69, 9.17) is 33.7 Å². The summed E-state index contributed by atoms with van der Waals surface area (Å²) in [7, 11) is 1.39. The lowest BCUT2D eigenvalue weighted by Gasteiger charge is -2.17. The van der Waals surface area contributed by atoms with Gasteiger partial charge in [-0.05, 0) is 12.1 Å². The molecule has 0 fully saturated rings. The first-order valence-electron chi connectivity index (χ1n) is 3.80. The van der Waals surface area contributed by atoms with Gasteiger partial charge in [0, 0.05) is 18.2 Å². The number of hydrogen-bond donors (Lipinski definition) is 1. The summed E-state index contributed by atoms with van der Waals surface area (Å²) in [5, 5.41) is 0. The van der Waals surface area contributed by atoms with Crippen LogP contribution in [0.1, 0.15) is 15.9 Å².